The maximum atomic E-state index is 11.1. The lowest BCUT2D eigenvalue weighted by atomic mass is 10.1. The van der Waals surface area contributed by atoms with E-state index in [0.29, 0.717) is 30.4 Å². The number of nitrogens with two attached hydrogens (primary N) is 1. The second-order valence-corrected chi connectivity index (χ2v) is 3.37. The molecule has 1 rings (SSSR count). The van der Waals surface area contributed by atoms with E-state index < -0.39 is 0 Å². The SMILES string of the molecule is CCOC(=O)CCc1ccc(Cl)nc1N. The molecule has 0 aliphatic heterocycles. The number of carbonyl (C=O) groups is 1. The molecule has 0 aliphatic carbocycles. The van der Waals surface area contributed by atoms with Crippen LogP contribution >= 0.6 is 11.6 Å². The van der Waals surface area contributed by atoms with Crippen LogP contribution in [0, 0.1) is 0 Å². The maximum Gasteiger partial charge on any atom is 0.306 e. The van der Waals surface area contributed by atoms with Gasteiger partial charge in [0.2, 0.25) is 0 Å². The Labute approximate surface area is 93.4 Å². The van der Waals surface area contributed by atoms with Crippen LogP contribution in [0.4, 0.5) is 5.82 Å². The number of aromatic nitrogens is 1. The molecule has 15 heavy (non-hydrogen) atoms. The first-order valence-corrected chi connectivity index (χ1v) is 5.07. The minimum absolute atomic E-state index is 0.230. The molecule has 0 atom stereocenters. The Kier molecular flexibility index (Phi) is 4.37. The van der Waals surface area contributed by atoms with E-state index in [1.807, 2.05) is 0 Å². The third-order valence-electron chi connectivity index (χ3n) is 1.88. The zero-order valence-electron chi connectivity index (χ0n) is 8.50. The molecule has 0 fully saturated rings. The van der Waals surface area contributed by atoms with Gasteiger partial charge in [-0.3, -0.25) is 4.79 Å². The fraction of sp³-hybridized carbons (Fsp3) is 0.400. The summed E-state index contributed by atoms with van der Waals surface area (Å²) in [5.41, 5.74) is 6.45. The topological polar surface area (TPSA) is 65.2 Å². The summed E-state index contributed by atoms with van der Waals surface area (Å²) in [7, 11) is 0. The van der Waals surface area contributed by atoms with Gasteiger partial charge in [-0.1, -0.05) is 17.7 Å². The first kappa shape index (κ1) is 11.8. The van der Waals surface area contributed by atoms with Crippen molar-refractivity contribution in [1.29, 1.82) is 0 Å². The Bertz CT molecular complexity index is 355. The molecular weight excluding hydrogens is 216 g/mol. The van der Waals surface area contributed by atoms with Gasteiger partial charge < -0.3 is 10.5 Å². The van der Waals surface area contributed by atoms with Crippen molar-refractivity contribution >= 4 is 23.4 Å². The summed E-state index contributed by atoms with van der Waals surface area (Å²) in [4.78, 5) is 15.0. The lowest BCUT2D eigenvalue weighted by Gasteiger charge is -2.04. The Morgan fingerprint density at radius 2 is 2.33 bits per heavy atom. The third kappa shape index (κ3) is 3.75. The zero-order chi connectivity index (χ0) is 11.3. The first-order valence-electron chi connectivity index (χ1n) is 4.70. The smallest absolute Gasteiger partial charge is 0.306 e. The number of nitrogens with zero attached hydrogens (tertiary/aromatic N) is 1. The summed E-state index contributed by atoms with van der Waals surface area (Å²) >= 11 is 5.65. The van der Waals surface area contributed by atoms with Crippen LogP contribution in [0.25, 0.3) is 0 Å². The molecule has 1 aromatic heterocycles. The standard InChI is InChI=1S/C10H13ClN2O2/c1-2-15-9(14)6-4-7-3-5-8(11)13-10(7)12/h3,5H,2,4,6H2,1H3,(H2,12,13). The van der Waals surface area contributed by atoms with E-state index in [-0.39, 0.29) is 5.97 Å². The molecule has 4 nitrogen and oxygen atoms in total. The number of hydrogen-bond acceptors (Lipinski definition) is 4. The minimum atomic E-state index is -0.230. The molecule has 1 heterocycles. The summed E-state index contributed by atoms with van der Waals surface area (Å²) in [6.07, 6.45) is 0.830. The van der Waals surface area contributed by atoms with Crippen LogP contribution in [0.2, 0.25) is 5.15 Å². The number of nitrogen functional groups attached to an aromatic ring is 1. The average Bonchev–Trinajstić information content (AvgIpc) is 2.17. The quantitative estimate of drug-likeness (QED) is 0.631. The predicted octanol–water partition coefficient (Wildman–Crippen LogP) is 1.81. The van der Waals surface area contributed by atoms with Gasteiger partial charge in [0.1, 0.15) is 11.0 Å². The second kappa shape index (κ2) is 5.56. The summed E-state index contributed by atoms with van der Waals surface area (Å²) in [6.45, 7) is 2.17. The van der Waals surface area contributed by atoms with Gasteiger partial charge in [0.15, 0.2) is 0 Å². The first-order chi connectivity index (χ1) is 7.13. The van der Waals surface area contributed by atoms with Gasteiger partial charge in [0.05, 0.1) is 6.61 Å². The van der Waals surface area contributed by atoms with E-state index in [0.717, 1.165) is 5.56 Å². The number of ether oxygens (including phenoxy) is 1. The van der Waals surface area contributed by atoms with E-state index in [9.17, 15) is 4.79 Å². The van der Waals surface area contributed by atoms with E-state index in [4.69, 9.17) is 22.1 Å². The summed E-state index contributed by atoms with van der Waals surface area (Å²) in [5.74, 6) is 0.138. The molecular formula is C10H13ClN2O2. The summed E-state index contributed by atoms with van der Waals surface area (Å²) in [6, 6.07) is 3.42. The highest BCUT2D eigenvalue weighted by Crippen LogP contribution is 2.15. The zero-order valence-corrected chi connectivity index (χ0v) is 9.25. The number of halogens is 1. The van der Waals surface area contributed by atoms with E-state index in [1.54, 1.807) is 19.1 Å². The summed E-state index contributed by atoms with van der Waals surface area (Å²) in [5, 5.41) is 0.354. The second-order valence-electron chi connectivity index (χ2n) is 2.98. The summed E-state index contributed by atoms with van der Waals surface area (Å²) < 4.78 is 4.80. The van der Waals surface area contributed by atoms with Crippen molar-refractivity contribution in [3.05, 3.63) is 22.8 Å². The van der Waals surface area contributed by atoms with Crippen LogP contribution in [0.1, 0.15) is 18.9 Å². The Morgan fingerprint density at radius 3 is 2.93 bits per heavy atom. The van der Waals surface area contributed by atoms with E-state index in [1.165, 1.54) is 0 Å². The van der Waals surface area contributed by atoms with Crippen molar-refractivity contribution in [2.45, 2.75) is 19.8 Å². The Morgan fingerprint density at radius 1 is 1.60 bits per heavy atom. The van der Waals surface area contributed by atoms with Gasteiger partial charge in [0.25, 0.3) is 0 Å². The number of hydrogen-bond donors (Lipinski definition) is 1. The molecule has 5 heteroatoms. The van der Waals surface area contributed by atoms with Gasteiger partial charge >= 0.3 is 5.97 Å². The number of pyridine rings is 1. The Balaban J connectivity index is 2.54. The molecule has 0 saturated heterocycles. The number of carbonyl (C=O) groups excluding carboxylic acids is 1. The molecule has 0 radical (unpaired) electrons. The molecule has 1 aromatic rings. The van der Waals surface area contributed by atoms with Crippen molar-refractivity contribution in [2.24, 2.45) is 0 Å². The number of anilines is 1. The predicted molar refractivity (Wildman–Crippen MR) is 58.6 cm³/mol. The van der Waals surface area contributed by atoms with Crippen LogP contribution in [0.3, 0.4) is 0 Å². The van der Waals surface area contributed by atoms with Gasteiger partial charge in [0, 0.05) is 6.42 Å². The van der Waals surface area contributed by atoms with E-state index in [2.05, 4.69) is 4.98 Å². The van der Waals surface area contributed by atoms with Crippen molar-refractivity contribution in [3.63, 3.8) is 0 Å². The highest BCUT2D eigenvalue weighted by atomic mass is 35.5. The molecule has 0 bridgehead atoms. The number of rotatable bonds is 4. The average molecular weight is 229 g/mol. The van der Waals surface area contributed by atoms with Crippen molar-refractivity contribution in [1.82, 2.24) is 4.98 Å². The van der Waals surface area contributed by atoms with Gasteiger partial charge in [-0.05, 0) is 25.0 Å². The fourth-order valence-corrected chi connectivity index (χ4v) is 1.31. The highest BCUT2D eigenvalue weighted by Gasteiger charge is 2.06. The van der Waals surface area contributed by atoms with Crippen molar-refractivity contribution in [3.8, 4) is 0 Å². The van der Waals surface area contributed by atoms with E-state index >= 15 is 0 Å². The van der Waals surface area contributed by atoms with Gasteiger partial charge in [-0.2, -0.15) is 0 Å². The molecule has 82 valence electrons. The molecule has 0 unspecified atom stereocenters. The third-order valence-corrected chi connectivity index (χ3v) is 2.09. The maximum absolute atomic E-state index is 11.1. The van der Waals surface area contributed by atoms with Crippen LogP contribution in [-0.4, -0.2) is 17.6 Å². The van der Waals surface area contributed by atoms with Gasteiger partial charge in [-0.15, -0.1) is 0 Å². The normalized spacial score (nSPS) is 10.0. The monoisotopic (exact) mass is 228 g/mol. The molecule has 0 aliphatic rings. The molecule has 2 N–H and O–H groups in total. The number of esters is 1. The van der Waals surface area contributed by atoms with Crippen LogP contribution in [0.15, 0.2) is 12.1 Å². The molecule has 0 aromatic carbocycles. The highest BCUT2D eigenvalue weighted by molar-refractivity contribution is 6.29. The van der Waals surface area contributed by atoms with Crippen LogP contribution < -0.4 is 5.73 Å². The van der Waals surface area contributed by atoms with Crippen LogP contribution in [-0.2, 0) is 16.0 Å². The minimum Gasteiger partial charge on any atom is -0.466 e. The Hall–Kier alpha value is -1.29. The fourth-order valence-electron chi connectivity index (χ4n) is 1.16. The molecule has 0 amide bonds. The lowest BCUT2D eigenvalue weighted by Crippen LogP contribution is -2.06. The van der Waals surface area contributed by atoms with Crippen molar-refractivity contribution < 1.29 is 9.53 Å². The van der Waals surface area contributed by atoms with Gasteiger partial charge in [-0.25, -0.2) is 4.98 Å². The molecule has 0 spiro atoms. The number of aryl methyl sites for hydroxylation is 1. The largest absolute Gasteiger partial charge is 0.466 e. The lowest BCUT2D eigenvalue weighted by molar-refractivity contribution is -0.143. The van der Waals surface area contributed by atoms with Crippen LogP contribution in [0.5, 0.6) is 0 Å². The van der Waals surface area contributed by atoms with Crippen molar-refractivity contribution in [2.75, 3.05) is 12.3 Å². The molecule has 0 saturated carbocycles.